The van der Waals surface area contributed by atoms with Crippen molar-refractivity contribution in [3.63, 3.8) is 0 Å². The molecule has 0 aromatic heterocycles. The first-order valence-electron chi connectivity index (χ1n) is 6.31. The molecule has 0 fully saturated rings. The van der Waals surface area contributed by atoms with E-state index in [0.717, 1.165) is 5.56 Å². The van der Waals surface area contributed by atoms with Crippen LogP contribution < -0.4 is 5.73 Å². The highest BCUT2D eigenvalue weighted by Crippen LogP contribution is 2.21. The van der Waals surface area contributed by atoms with Crippen molar-refractivity contribution in [3.05, 3.63) is 29.3 Å². The maximum absolute atomic E-state index is 11.9. The molecule has 0 spiro atoms. The van der Waals surface area contributed by atoms with E-state index in [9.17, 15) is 4.79 Å². The van der Waals surface area contributed by atoms with E-state index in [1.165, 1.54) is 0 Å². The van der Waals surface area contributed by atoms with Crippen molar-refractivity contribution in [3.8, 4) is 6.07 Å². The molecule has 0 aliphatic rings. The van der Waals surface area contributed by atoms with Crippen LogP contribution in [0.25, 0.3) is 0 Å². The van der Waals surface area contributed by atoms with Crippen molar-refractivity contribution in [1.29, 1.82) is 5.26 Å². The Morgan fingerprint density at radius 3 is 2.79 bits per heavy atom. The van der Waals surface area contributed by atoms with Crippen LogP contribution >= 0.6 is 0 Å². The lowest BCUT2D eigenvalue weighted by molar-refractivity contribution is 0.0490. The number of esters is 1. The summed E-state index contributed by atoms with van der Waals surface area (Å²) in [5.41, 5.74) is 7.19. The van der Waals surface area contributed by atoms with Crippen LogP contribution in [0.3, 0.4) is 0 Å². The summed E-state index contributed by atoms with van der Waals surface area (Å²) in [5.74, 6) is -0.362. The SMILES string of the molecule is Cc1c(N)cccc1C(=O)OCCCC(C)(C)C#N. The van der Waals surface area contributed by atoms with E-state index in [-0.39, 0.29) is 11.4 Å². The molecule has 0 aliphatic carbocycles. The van der Waals surface area contributed by atoms with E-state index in [4.69, 9.17) is 15.7 Å². The highest BCUT2D eigenvalue weighted by molar-refractivity contribution is 5.92. The van der Waals surface area contributed by atoms with Crippen molar-refractivity contribution in [2.75, 3.05) is 12.3 Å². The van der Waals surface area contributed by atoms with E-state index in [0.29, 0.717) is 30.7 Å². The summed E-state index contributed by atoms with van der Waals surface area (Å²) in [4.78, 5) is 11.9. The molecular formula is C15H20N2O2. The van der Waals surface area contributed by atoms with Gasteiger partial charge in [-0.3, -0.25) is 0 Å². The van der Waals surface area contributed by atoms with Gasteiger partial charge in [-0.2, -0.15) is 5.26 Å². The zero-order valence-corrected chi connectivity index (χ0v) is 11.7. The third-order valence-corrected chi connectivity index (χ3v) is 3.08. The fourth-order valence-corrected chi connectivity index (χ4v) is 1.69. The molecule has 0 amide bonds. The molecule has 0 unspecified atom stereocenters. The average molecular weight is 260 g/mol. The third-order valence-electron chi connectivity index (χ3n) is 3.08. The van der Waals surface area contributed by atoms with Crippen molar-refractivity contribution in [2.24, 2.45) is 5.41 Å². The zero-order valence-electron chi connectivity index (χ0n) is 11.7. The highest BCUT2D eigenvalue weighted by Gasteiger charge is 2.17. The van der Waals surface area contributed by atoms with Gasteiger partial charge in [-0.25, -0.2) is 4.79 Å². The van der Waals surface area contributed by atoms with Gasteiger partial charge in [0.05, 0.1) is 23.7 Å². The minimum atomic E-state index is -0.375. The second kappa shape index (κ2) is 6.24. The lowest BCUT2D eigenvalue weighted by Crippen LogP contribution is -2.12. The summed E-state index contributed by atoms with van der Waals surface area (Å²) in [6.07, 6.45) is 1.38. The predicted octanol–water partition coefficient (Wildman–Crippen LogP) is 3.06. The Morgan fingerprint density at radius 1 is 1.47 bits per heavy atom. The molecule has 1 rings (SSSR count). The quantitative estimate of drug-likeness (QED) is 0.501. The molecule has 0 bridgehead atoms. The first-order chi connectivity index (χ1) is 8.87. The Labute approximate surface area is 114 Å². The average Bonchev–Trinajstić information content (AvgIpc) is 2.37. The van der Waals surface area contributed by atoms with Gasteiger partial charge in [-0.05, 0) is 51.3 Å². The summed E-state index contributed by atoms with van der Waals surface area (Å²) < 4.78 is 5.20. The van der Waals surface area contributed by atoms with Crippen LogP contribution in [-0.4, -0.2) is 12.6 Å². The molecule has 1 aromatic carbocycles. The molecule has 0 radical (unpaired) electrons. The number of rotatable bonds is 5. The normalized spacial score (nSPS) is 10.8. The molecular weight excluding hydrogens is 240 g/mol. The Bertz CT molecular complexity index is 501. The van der Waals surface area contributed by atoms with Gasteiger partial charge in [0, 0.05) is 5.69 Å². The second-order valence-corrected chi connectivity index (χ2v) is 5.25. The van der Waals surface area contributed by atoms with E-state index in [1.807, 2.05) is 13.8 Å². The lowest BCUT2D eigenvalue weighted by atomic mass is 9.90. The summed E-state index contributed by atoms with van der Waals surface area (Å²) in [6, 6.07) is 7.41. The number of anilines is 1. The number of nitrogen functional groups attached to an aromatic ring is 1. The fraction of sp³-hybridized carbons (Fsp3) is 0.467. The fourth-order valence-electron chi connectivity index (χ4n) is 1.69. The molecule has 1 aromatic rings. The van der Waals surface area contributed by atoms with Crippen LogP contribution in [0.2, 0.25) is 0 Å². The summed E-state index contributed by atoms with van der Waals surface area (Å²) in [6.45, 7) is 5.86. The van der Waals surface area contributed by atoms with Crippen molar-refractivity contribution >= 4 is 11.7 Å². The number of benzene rings is 1. The van der Waals surface area contributed by atoms with Gasteiger partial charge in [-0.1, -0.05) is 6.07 Å². The van der Waals surface area contributed by atoms with Gasteiger partial charge >= 0.3 is 5.97 Å². The van der Waals surface area contributed by atoms with Gasteiger partial charge in [0.15, 0.2) is 0 Å². The van der Waals surface area contributed by atoms with Crippen LogP contribution in [0.15, 0.2) is 18.2 Å². The van der Waals surface area contributed by atoms with Gasteiger partial charge in [-0.15, -0.1) is 0 Å². The number of ether oxygens (including phenoxy) is 1. The van der Waals surface area contributed by atoms with Crippen LogP contribution in [-0.2, 0) is 4.74 Å². The number of carbonyl (C=O) groups is 1. The Morgan fingerprint density at radius 2 is 2.16 bits per heavy atom. The van der Waals surface area contributed by atoms with Crippen LogP contribution in [0, 0.1) is 23.7 Å². The minimum Gasteiger partial charge on any atom is -0.462 e. The molecule has 19 heavy (non-hydrogen) atoms. The van der Waals surface area contributed by atoms with Crippen LogP contribution in [0.1, 0.15) is 42.6 Å². The second-order valence-electron chi connectivity index (χ2n) is 5.25. The summed E-state index contributed by atoms with van der Waals surface area (Å²) in [5, 5.41) is 8.88. The third kappa shape index (κ3) is 4.29. The standard InChI is InChI=1S/C15H20N2O2/c1-11-12(6-4-7-13(11)17)14(18)19-9-5-8-15(2,3)10-16/h4,6-7H,5,8-9,17H2,1-3H3. The Kier molecular flexibility index (Phi) is 4.94. The first-order valence-corrected chi connectivity index (χ1v) is 6.31. The molecule has 4 heteroatoms. The minimum absolute atomic E-state index is 0.318. The molecule has 0 aliphatic heterocycles. The number of hydrogen-bond acceptors (Lipinski definition) is 4. The number of nitrogens with zero attached hydrogens (tertiary/aromatic N) is 1. The topological polar surface area (TPSA) is 76.1 Å². The van der Waals surface area contributed by atoms with Gasteiger partial charge in [0.2, 0.25) is 0 Å². The zero-order chi connectivity index (χ0) is 14.5. The molecule has 0 atom stereocenters. The molecule has 0 saturated carbocycles. The van der Waals surface area contributed by atoms with E-state index in [1.54, 1.807) is 25.1 Å². The number of hydrogen-bond donors (Lipinski definition) is 1. The maximum atomic E-state index is 11.9. The summed E-state index contributed by atoms with van der Waals surface area (Å²) >= 11 is 0. The Hall–Kier alpha value is -2.02. The van der Waals surface area contributed by atoms with Gasteiger partial charge in [0.25, 0.3) is 0 Å². The monoisotopic (exact) mass is 260 g/mol. The molecule has 0 saturated heterocycles. The predicted molar refractivity (Wildman–Crippen MR) is 74.5 cm³/mol. The number of nitriles is 1. The maximum Gasteiger partial charge on any atom is 0.338 e. The van der Waals surface area contributed by atoms with Crippen LogP contribution in [0.4, 0.5) is 5.69 Å². The molecule has 4 nitrogen and oxygen atoms in total. The summed E-state index contributed by atoms with van der Waals surface area (Å²) in [7, 11) is 0. The van der Waals surface area contributed by atoms with E-state index in [2.05, 4.69) is 6.07 Å². The molecule has 2 N–H and O–H groups in total. The number of nitrogens with two attached hydrogens (primary N) is 1. The van der Waals surface area contributed by atoms with Crippen LogP contribution in [0.5, 0.6) is 0 Å². The van der Waals surface area contributed by atoms with Crippen molar-refractivity contribution < 1.29 is 9.53 Å². The van der Waals surface area contributed by atoms with E-state index < -0.39 is 0 Å². The largest absolute Gasteiger partial charge is 0.462 e. The van der Waals surface area contributed by atoms with Crippen molar-refractivity contribution in [1.82, 2.24) is 0 Å². The molecule has 102 valence electrons. The first kappa shape index (κ1) is 15.0. The van der Waals surface area contributed by atoms with Gasteiger partial charge < -0.3 is 10.5 Å². The Balaban J connectivity index is 2.49. The van der Waals surface area contributed by atoms with E-state index >= 15 is 0 Å². The number of carbonyl (C=O) groups excluding carboxylic acids is 1. The molecule has 0 heterocycles. The van der Waals surface area contributed by atoms with Crippen molar-refractivity contribution in [2.45, 2.75) is 33.6 Å². The smallest absolute Gasteiger partial charge is 0.338 e. The van der Waals surface area contributed by atoms with Gasteiger partial charge in [0.1, 0.15) is 0 Å². The lowest BCUT2D eigenvalue weighted by Gasteiger charge is -2.14. The highest BCUT2D eigenvalue weighted by atomic mass is 16.5.